The van der Waals surface area contributed by atoms with Gasteiger partial charge in [0.05, 0.1) is 22.6 Å². The predicted molar refractivity (Wildman–Crippen MR) is 102 cm³/mol. The lowest BCUT2D eigenvalue weighted by Crippen LogP contribution is -2.26. The van der Waals surface area contributed by atoms with E-state index in [1.54, 1.807) is 18.3 Å². The maximum absolute atomic E-state index is 11.2. The first-order chi connectivity index (χ1) is 12.3. The van der Waals surface area contributed by atoms with Crippen molar-refractivity contribution < 1.29 is 9.90 Å². The highest BCUT2D eigenvalue weighted by Gasteiger charge is 2.37. The molecule has 1 aliphatic rings. The quantitative estimate of drug-likeness (QED) is 0.873. The van der Waals surface area contributed by atoms with Crippen LogP contribution >= 0.6 is 0 Å². The van der Waals surface area contributed by atoms with Crippen LogP contribution in [0.4, 0.5) is 0 Å². The van der Waals surface area contributed by atoms with Gasteiger partial charge < -0.3 is 5.11 Å². The van der Waals surface area contributed by atoms with Gasteiger partial charge in [-0.1, -0.05) is 39.8 Å². The molecule has 2 aromatic rings. The van der Waals surface area contributed by atoms with E-state index in [9.17, 15) is 9.90 Å². The number of allylic oxidation sites excluding steroid dienone is 1. The van der Waals surface area contributed by atoms with Gasteiger partial charge in [-0.25, -0.2) is 4.79 Å². The largest absolute Gasteiger partial charge is 0.478 e. The summed E-state index contributed by atoms with van der Waals surface area (Å²) in [4.78, 5) is 25.6. The number of rotatable bonds is 5. The number of hydrogen-bond donors (Lipinski definition) is 1. The summed E-state index contributed by atoms with van der Waals surface area (Å²) >= 11 is 0. The van der Waals surface area contributed by atoms with Crippen molar-refractivity contribution in [2.75, 3.05) is 0 Å². The molecule has 0 fully saturated rings. The monoisotopic (exact) mass is 349 g/mol. The zero-order valence-electron chi connectivity index (χ0n) is 15.5. The lowest BCUT2D eigenvalue weighted by Gasteiger charge is -2.28. The van der Waals surface area contributed by atoms with Crippen LogP contribution in [0.25, 0.3) is 0 Å². The van der Waals surface area contributed by atoms with Crippen molar-refractivity contribution >= 4 is 12.2 Å². The van der Waals surface area contributed by atoms with E-state index < -0.39 is 11.5 Å². The van der Waals surface area contributed by atoms with Gasteiger partial charge in [-0.15, -0.1) is 0 Å². The summed E-state index contributed by atoms with van der Waals surface area (Å²) in [5, 5.41) is 9.17. The molecule has 0 radical (unpaired) electrons. The van der Waals surface area contributed by atoms with Crippen molar-refractivity contribution in [3.8, 4) is 0 Å². The fourth-order valence-electron chi connectivity index (χ4n) is 3.09. The van der Waals surface area contributed by atoms with Crippen LogP contribution in [0, 0.1) is 0 Å². The molecule has 1 N–H and O–H groups in total. The first-order valence-electron chi connectivity index (χ1n) is 8.79. The van der Waals surface area contributed by atoms with Gasteiger partial charge in [0.2, 0.25) is 0 Å². The molecule has 0 aliphatic carbocycles. The third kappa shape index (κ3) is 3.05. The van der Waals surface area contributed by atoms with Crippen molar-refractivity contribution in [3.05, 3.63) is 70.8 Å². The lowest BCUT2D eigenvalue weighted by molar-refractivity contribution is 0.0697. The Hall–Kier alpha value is -2.82. The van der Waals surface area contributed by atoms with Gasteiger partial charge in [0.25, 0.3) is 0 Å². The van der Waals surface area contributed by atoms with Gasteiger partial charge in [0.1, 0.15) is 5.54 Å². The third-order valence-electron chi connectivity index (χ3n) is 4.59. The highest BCUT2D eigenvalue weighted by molar-refractivity contribution is 5.87. The van der Waals surface area contributed by atoms with Crippen LogP contribution in [-0.2, 0) is 5.54 Å². The highest BCUT2D eigenvalue weighted by atomic mass is 16.4. The number of aliphatic imine (C=N–C) groups is 1. The van der Waals surface area contributed by atoms with E-state index in [4.69, 9.17) is 15.0 Å². The number of carboxylic acids is 1. The second-order valence-corrected chi connectivity index (χ2v) is 7.12. The van der Waals surface area contributed by atoms with E-state index in [1.165, 1.54) is 0 Å². The Bertz CT molecular complexity index is 869. The molecule has 0 spiro atoms. The zero-order valence-corrected chi connectivity index (χ0v) is 15.5. The van der Waals surface area contributed by atoms with Crippen molar-refractivity contribution in [2.24, 2.45) is 4.99 Å². The molecule has 1 aliphatic heterocycles. The maximum Gasteiger partial charge on any atom is 0.335 e. The number of nitrogens with zero attached hydrogens (tertiary/aromatic N) is 3. The minimum atomic E-state index is -0.944. The number of hydrogen-bond acceptors (Lipinski definition) is 4. The van der Waals surface area contributed by atoms with Crippen molar-refractivity contribution in [3.63, 3.8) is 0 Å². The fourth-order valence-corrected chi connectivity index (χ4v) is 3.09. The van der Waals surface area contributed by atoms with Crippen LogP contribution in [0.2, 0.25) is 0 Å². The summed E-state index contributed by atoms with van der Waals surface area (Å²) in [5.41, 5.74) is 2.99. The molecule has 0 saturated carbocycles. The van der Waals surface area contributed by atoms with E-state index in [1.807, 2.05) is 30.5 Å². The average Bonchev–Trinajstić information content (AvgIpc) is 3.12. The van der Waals surface area contributed by atoms with Gasteiger partial charge in [0, 0.05) is 12.4 Å². The maximum atomic E-state index is 11.2. The molecule has 0 bridgehead atoms. The topological polar surface area (TPSA) is 75.4 Å². The Morgan fingerprint density at radius 1 is 1.08 bits per heavy atom. The summed E-state index contributed by atoms with van der Waals surface area (Å²) in [6.45, 7) is 8.36. The second kappa shape index (κ2) is 6.83. The van der Waals surface area contributed by atoms with Gasteiger partial charge in [-0.2, -0.15) is 0 Å². The van der Waals surface area contributed by atoms with Crippen LogP contribution in [0.1, 0.15) is 72.5 Å². The molecule has 0 amide bonds. The summed E-state index contributed by atoms with van der Waals surface area (Å²) in [6, 6.07) is 6.83. The number of carboxylic acid groups (broad SMARTS) is 1. The van der Waals surface area contributed by atoms with Crippen LogP contribution in [-0.4, -0.2) is 27.3 Å². The summed E-state index contributed by atoms with van der Waals surface area (Å²) in [6.07, 6.45) is 7.51. The SMILES string of the molecule is CC(C)c1cnc(C(C)C)c(C2(c3ccc(C(=O)O)cc3)C=CC=N2)n1. The summed E-state index contributed by atoms with van der Waals surface area (Å²) in [5.74, 6) is -0.498. The molecule has 2 heterocycles. The van der Waals surface area contributed by atoms with E-state index in [0.717, 1.165) is 22.6 Å². The molecular formula is C21H23N3O2. The Morgan fingerprint density at radius 2 is 1.77 bits per heavy atom. The normalized spacial score (nSPS) is 18.8. The van der Waals surface area contributed by atoms with Gasteiger partial charge in [-0.3, -0.25) is 15.0 Å². The second-order valence-electron chi connectivity index (χ2n) is 7.12. The number of benzene rings is 1. The molecule has 1 aromatic carbocycles. The van der Waals surface area contributed by atoms with Crippen LogP contribution < -0.4 is 0 Å². The van der Waals surface area contributed by atoms with E-state index in [-0.39, 0.29) is 17.4 Å². The average molecular weight is 349 g/mol. The number of carbonyl (C=O) groups is 1. The first kappa shape index (κ1) is 18.0. The fraction of sp³-hybridized carbons (Fsp3) is 0.333. The van der Waals surface area contributed by atoms with Gasteiger partial charge in [0.15, 0.2) is 0 Å². The summed E-state index contributed by atoms with van der Waals surface area (Å²) in [7, 11) is 0. The Kier molecular flexibility index (Phi) is 4.72. The van der Waals surface area contributed by atoms with Crippen molar-refractivity contribution in [1.82, 2.24) is 9.97 Å². The van der Waals surface area contributed by atoms with E-state index in [0.29, 0.717) is 0 Å². The molecule has 26 heavy (non-hydrogen) atoms. The van der Waals surface area contributed by atoms with Gasteiger partial charge in [-0.05, 0) is 41.7 Å². The standard InChI is InChI=1S/C21H23N3O2/c1-13(2)17-12-22-18(14(3)4)19(24-17)21(10-5-11-23-21)16-8-6-15(7-9-16)20(25)26/h5-14H,1-4H3,(H,25,26). The molecule has 1 unspecified atom stereocenters. The molecule has 5 heteroatoms. The molecule has 0 saturated heterocycles. The van der Waals surface area contributed by atoms with Crippen molar-refractivity contribution in [2.45, 2.75) is 45.1 Å². The van der Waals surface area contributed by atoms with Crippen LogP contribution in [0.3, 0.4) is 0 Å². The van der Waals surface area contributed by atoms with E-state index in [2.05, 4.69) is 27.7 Å². The minimum absolute atomic E-state index is 0.193. The first-order valence-corrected chi connectivity index (χ1v) is 8.79. The van der Waals surface area contributed by atoms with Crippen molar-refractivity contribution in [1.29, 1.82) is 0 Å². The number of aromatic carboxylic acids is 1. The smallest absolute Gasteiger partial charge is 0.335 e. The lowest BCUT2D eigenvalue weighted by atomic mass is 9.84. The van der Waals surface area contributed by atoms with Crippen LogP contribution in [0.15, 0.2) is 47.6 Å². The summed E-state index contributed by atoms with van der Waals surface area (Å²) < 4.78 is 0. The number of aromatic nitrogens is 2. The molecule has 1 aromatic heterocycles. The Balaban J connectivity index is 2.22. The van der Waals surface area contributed by atoms with Crippen LogP contribution in [0.5, 0.6) is 0 Å². The third-order valence-corrected chi connectivity index (χ3v) is 4.59. The molecule has 1 atom stereocenters. The Morgan fingerprint density at radius 3 is 2.27 bits per heavy atom. The zero-order chi connectivity index (χ0) is 18.9. The molecular weight excluding hydrogens is 326 g/mol. The minimum Gasteiger partial charge on any atom is -0.478 e. The predicted octanol–water partition coefficient (Wildman–Crippen LogP) is 4.31. The molecule has 134 valence electrons. The molecule has 5 nitrogen and oxygen atoms in total. The highest BCUT2D eigenvalue weighted by Crippen LogP contribution is 2.40. The van der Waals surface area contributed by atoms with Gasteiger partial charge >= 0.3 is 5.97 Å². The molecule has 3 rings (SSSR count). The Labute approximate surface area is 153 Å². The van der Waals surface area contributed by atoms with E-state index >= 15 is 0 Å².